The third-order valence-electron chi connectivity index (χ3n) is 3.79. The molecule has 5 heteroatoms. The number of anilines is 1. The molecule has 108 valence electrons. The first-order chi connectivity index (χ1) is 10.2. The molecule has 0 aliphatic carbocycles. The average molecular weight is 284 g/mol. The van der Waals surface area contributed by atoms with Crippen LogP contribution < -0.4 is 14.4 Å². The van der Waals surface area contributed by atoms with E-state index in [-0.39, 0.29) is 11.9 Å². The summed E-state index contributed by atoms with van der Waals surface area (Å²) in [4.78, 5) is 18.4. The van der Waals surface area contributed by atoms with Gasteiger partial charge in [-0.2, -0.15) is 0 Å². The van der Waals surface area contributed by atoms with Crippen molar-refractivity contribution in [2.45, 2.75) is 13.0 Å². The molecular weight excluding hydrogens is 268 g/mol. The van der Waals surface area contributed by atoms with Crippen molar-refractivity contribution in [3.63, 3.8) is 0 Å². The number of pyridine rings is 1. The van der Waals surface area contributed by atoms with Crippen LogP contribution >= 0.6 is 0 Å². The Morgan fingerprint density at radius 1 is 1.14 bits per heavy atom. The number of ether oxygens (including phenoxy) is 2. The van der Waals surface area contributed by atoms with Crippen molar-refractivity contribution in [1.82, 2.24) is 4.98 Å². The van der Waals surface area contributed by atoms with Crippen LogP contribution in [-0.2, 0) is 0 Å². The molecule has 2 aromatic rings. The molecule has 0 saturated heterocycles. The van der Waals surface area contributed by atoms with E-state index in [2.05, 4.69) is 4.98 Å². The van der Waals surface area contributed by atoms with Crippen molar-refractivity contribution < 1.29 is 14.3 Å². The smallest absolute Gasteiger partial charge is 0.260 e. The lowest BCUT2D eigenvalue weighted by Crippen LogP contribution is -2.26. The molecule has 0 radical (unpaired) electrons. The van der Waals surface area contributed by atoms with Gasteiger partial charge in [-0.1, -0.05) is 0 Å². The number of fused-ring (bicyclic) bond motifs is 1. The number of amides is 1. The lowest BCUT2D eigenvalue weighted by molar-refractivity contribution is 0.0992. The molecule has 3 rings (SSSR count). The highest BCUT2D eigenvalue weighted by Gasteiger charge is 2.35. The number of carbonyl (C=O) groups excluding carboxylic acids is 1. The van der Waals surface area contributed by atoms with Crippen molar-refractivity contribution in [2.24, 2.45) is 0 Å². The predicted octanol–water partition coefficient (Wildman–Crippen LogP) is 2.82. The number of aromatic nitrogens is 1. The highest BCUT2D eigenvalue weighted by atomic mass is 16.5. The standard InChI is InChI=1S/C16H16N2O3/c1-10-12-6-7-17-9-13(12)16(19)18(10)11-4-5-14(20-2)15(8-11)21-3/h4-10H,1-3H3. The van der Waals surface area contributed by atoms with Gasteiger partial charge in [0.05, 0.1) is 25.8 Å². The first-order valence-electron chi connectivity index (χ1n) is 6.67. The molecule has 0 saturated carbocycles. The van der Waals surface area contributed by atoms with E-state index in [1.165, 1.54) is 0 Å². The first-order valence-corrected chi connectivity index (χ1v) is 6.67. The Morgan fingerprint density at radius 3 is 2.57 bits per heavy atom. The maximum atomic E-state index is 12.6. The van der Waals surface area contributed by atoms with Gasteiger partial charge in [-0.15, -0.1) is 0 Å². The summed E-state index contributed by atoms with van der Waals surface area (Å²) in [6, 6.07) is 7.32. The third kappa shape index (κ3) is 2.01. The summed E-state index contributed by atoms with van der Waals surface area (Å²) in [5, 5.41) is 0. The zero-order valence-electron chi connectivity index (χ0n) is 12.2. The fourth-order valence-corrected chi connectivity index (χ4v) is 2.71. The van der Waals surface area contributed by atoms with Gasteiger partial charge in [-0.05, 0) is 30.7 Å². The second-order valence-electron chi connectivity index (χ2n) is 4.85. The number of methoxy groups -OCH3 is 2. The molecular formula is C16H16N2O3. The maximum Gasteiger partial charge on any atom is 0.260 e. The zero-order valence-corrected chi connectivity index (χ0v) is 12.2. The Balaban J connectivity index is 2.05. The van der Waals surface area contributed by atoms with E-state index in [4.69, 9.17) is 9.47 Å². The Labute approximate surface area is 123 Å². The van der Waals surface area contributed by atoms with E-state index < -0.39 is 0 Å². The molecule has 1 aliphatic rings. The van der Waals surface area contributed by atoms with E-state index in [0.717, 1.165) is 11.3 Å². The van der Waals surface area contributed by atoms with Gasteiger partial charge in [0.15, 0.2) is 11.5 Å². The SMILES string of the molecule is COc1ccc(N2C(=O)c3cnccc3C2C)cc1OC. The van der Waals surface area contributed by atoms with E-state index in [1.807, 2.05) is 25.1 Å². The molecule has 2 heterocycles. The molecule has 1 unspecified atom stereocenters. The van der Waals surface area contributed by atoms with Gasteiger partial charge < -0.3 is 14.4 Å². The molecule has 1 amide bonds. The Morgan fingerprint density at radius 2 is 1.90 bits per heavy atom. The molecule has 0 spiro atoms. The van der Waals surface area contributed by atoms with Gasteiger partial charge >= 0.3 is 0 Å². The number of hydrogen-bond acceptors (Lipinski definition) is 4. The highest BCUT2D eigenvalue weighted by Crippen LogP contribution is 2.39. The van der Waals surface area contributed by atoms with Crippen molar-refractivity contribution in [1.29, 1.82) is 0 Å². The topological polar surface area (TPSA) is 51.7 Å². The average Bonchev–Trinajstić information content (AvgIpc) is 2.78. The summed E-state index contributed by atoms with van der Waals surface area (Å²) in [5.41, 5.74) is 2.42. The van der Waals surface area contributed by atoms with E-state index >= 15 is 0 Å². The fourth-order valence-electron chi connectivity index (χ4n) is 2.71. The van der Waals surface area contributed by atoms with Gasteiger partial charge in [0.2, 0.25) is 0 Å². The van der Waals surface area contributed by atoms with Crippen LogP contribution in [0, 0.1) is 0 Å². The molecule has 0 fully saturated rings. The summed E-state index contributed by atoms with van der Waals surface area (Å²) in [6.45, 7) is 2.00. The molecule has 1 aliphatic heterocycles. The monoisotopic (exact) mass is 284 g/mol. The lowest BCUT2D eigenvalue weighted by Gasteiger charge is -2.23. The summed E-state index contributed by atoms with van der Waals surface area (Å²) >= 11 is 0. The highest BCUT2D eigenvalue weighted by molar-refractivity contribution is 6.10. The summed E-state index contributed by atoms with van der Waals surface area (Å²) in [6.07, 6.45) is 3.33. The normalized spacial score (nSPS) is 16.8. The van der Waals surface area contributed by atoms with Gasteiger partial charge in [-0.25, -0.2) is 0 Å². The molecule has 1 aromatic heterocycles. The number of nitrogens with zero attached hydrogens (tertiary/aromatic N) is 2. The van der Waals surface area contributed by atoms with Crippen LogP contribution in [0.15, 0.2) is 36.7 Å². The van der Waals surface area contributed by atoms with Crippen LogP contribution in [0.2, 0.25) is 0 Å². The summed E-state index contributed by atoms with van der Waals surface area (Å²) in [5.74, 6) is 1.20. The molecule has 1 aromatic carbocycles. The third-order valence-corrected chi connectivity index (χ3v) is 3.79. The Bertz CT molecular complexity index is 700. The fraction of sp³-hybridized carbons (Fsp3) is 0.250. The molecule has 1 atom stereocenters. The maximum absolute atomic E-state index is 12.6. The van der Waals surface area contributed by atoms with Crippen LogP contribution in [0.3, 0.4) is 0 Å². The van der Waals surface area contributed by atoms with Gasteiger partial charge in [-0.3, -0.25) is 9.78 Å². The molecule has 0 bridgehead atoms. The number of carbonyl (C=O) groups is 1. The van der Waals surface area contributed by atoms with Crippen LogP contribution in [0.4, 0.5) is 5.69 Å². The van der Waals surface area contributed by atoms with Crippen LogP contribution in [0.25, 0.3) is 0 Å². The number of hydrogen-bond donors (Lipinski definition) is 0. The van der Waals surface area contributed by atoms with Crippen molar-refractivity contribution >= 4 is 11.6 Å². The van der Waals surface area contributed by atoms with E-state index in [1.54, 1.807) is 37.6 Å². The largest absolute Gasteiger partial charge is 0.493 e. The Kier molecular flexibility index (Phi) is 3.25. The minimum Gasteiger partial charge on any atom is -0.493 e. The number of benzene rings is 1. The second-order valence-corrected chi connectivity index (χ2v) is 4.85. The molecule has 21 heavy (non-hydrogen) atoms. The van der Waals surface area contributed by atoms with Crippen LogP contribution in [-0.4, -0.2) is 25.1 Å². The molecule has 5 nitrogen and oxygen atoms in total. The lowest BCUT2D eigenvalue weighted by atomic mass is 10.1. The van der Waals surface area contributed by atoms with Crippen molar-refractivity contribution in [3.05, 3.63) is 47.8 Å². The summed E-state index contributed by atoms with van der Waals surface area (Å²) in [7, 11) is 3.16. The van der Waals surface area contributed by atoms with Crippen LogP contribution in [0.5, 0.6) is 11.5 Å². The van der Waals surface area contributed by atoms with Gasteiger partial charge in [0.1, 0.15) is 0 Å². The van der Waals surface area contributed by atoms with Gasteiger partial charge in [0.25, 0.3) is 5.91 Å². The number of rotatable bonds is 3. The minimum absolute atomic E-state index is 0.0337. The predicted molar refractivity (Wildman–Crippen MR) is 79.0 cm³/mol. The second kappa shape index (κ2) is 5.09. The molecule has 0 N–H and O–H groups in total. The Hall–Kier alpha value is -2.56. The van der Waals surface area contributed by atoms with Crippen LogP contribution in [0.1, 0.15) is 28.9 Å². The van der Waals surface area contributed by atoms with Crippen molar-refractivity contribution in [2.75, 3.05) is 19.1 Å². The minimum atomic E-state index is -0.0437. The van der Waals surface area contributed by atoms with E-state index in [0.29, 0.717) is 17.1 Å². The van der Waals surface area contributed by atoms with E-state index in [9.17, 15) is 4.79 Å². The first kappa shape index (κ1) is 13.4. The van der Waals surface area contributed by atoms with Gasteiger partial charge in [0, 0.05) is 24.1 Å². The summed E-state index contributed by atoms with van der Waals surface area (Å²) < 4.78 is 10.5. The van der Waals surface area contributed by atoms with Crippen molar-refractivity contribution in [3.8, 4) is 11.5 Å². The quantitative estimate of drug-likeness (QED) is 0.869. The zero-order chi connectivity index (χ0) is 15.0.